The quantitative estimate of drug-likeness (QED) is 0.484. The van der Waals surface area contributed by atoms with Gasteiger partial charge in [0.25, 0.3) is 11.6 Å². The van der Waals surface area contributed by atoms with Crippen LogP contribution in [0.1, 0.15) is 40.1 Å². The van der Waals surface area contributed by atoms with Crippen molar-refractivity contribution >= 4 is 11.6 Å². The molecule has 2 aromatic carbocycles. The Morgan fingerprint density at radius 1 is 1.20 bits per heavy atom. The van der Waals surface area contributed by atoms with Gasteiger partial charge in [-0.3, -0.25) is 14.9 Å². The number of non-ortho nitro benzene ring substituents is 1. The molecule has 30 heavy (non-hydrogen) atoms. The molecule has 0 aliphatic rings. The smallest absolute Gasteiger partial charge is 0.345 e. The van der Waals surface area contributed by atoms with Crippen molar-refractivity contribution in [2.24, 2.45) is 0 Å². The molecule has 1 amide bonds. The predicted octanol–water partition coefficient (Wildman–Crippen LogP) is 4.60. The molecule has 1 N–H and O–H groups in total. The first-order chi connectivity index (χ1) is 14.1. The van der Waals surface area contributed by atoms with Crippen LogP contribution in [0.5, 0.6) is 0 Å². The van der Waals surface area contributed by atoms with E-state index >= 15 is 0 Å². The predicted molar refractivity (Wildman–Crippen MR) is 102 cm³/mol. The second-order valence-corrected chi connectivity index (χ2v) is 6.64. The maximum absolute atomic E-state index is 13.0. The fourth-order valence-corrected chi connectivity index (χ4v) is 3.01. The number of alkyl halides is 3. The molecule has 0 aliphatic heterocycles. The summed E-state index contributed by atoms with van der Waals surface area (Å²) >= 11 is 0. The summed E-state index contributed by atoms with van der Waals surface area (Å²) in [4.78, 5) is 22.6. The van der Waals surface area contributed by atoms with Crippen molar-refractivity contribution in [1.29, 1.82) is 0 Å². The summed E-state index contributed by atoms with van der Waals surface area (Å²) in [7, 11) is 0. The van der Waals surface area contributed by atoms with Gasteiger partial charge < -0.3 is 5.32 Å². The molecular weight excluding hydrogens is 401 g/mol. The number of nitro benzene ring substituents is 1. The molecule has 10 heteroatoms. The van der Waals surface area contributed by atoms with Crippen LogP contribution in [-0.2, 0) is 6.18 Å². The van der Waals surface area contributed by atoms with Crippen molar-refractivity contribution in [1.82, 2.24) is 15.1 Å². The van der Waals surface area contributed by atoms with Gasteiger partial charge >= 0.3 is 6.18 Å². The van der Waals surface area contributed by atoms with E-state index in [-0.39, 0.29) is 16.9 Å². The van der Waals surface area contributed by atoms with E-state index in [1.54, 1.807) is 13.8 Å². The Morgan fingerprint density at radius 2 is 1.87 bits per heavy atom. The Morgan fingerprint density at radius 3 is 2.47 bits per heavy atom. The minimum atomic E-state index is -4.47. The maximum atomic E-state index is 13.0. The molecule has 3 rings (SSSR count). The van der Waals surface area contributed by atoms with E-state index in [2.05, 4.69) is 10.4 Å². The summed E-state index contributed by atoms with van der Waals surface area (Å²) in [5, 5.41) is 17.6. The number of nitrogens with zero attached hydrogens (tertiary/aromatic N) is 3. The largest absolute Gasteiger partial charge is 0.416 e. The van der Waals surface area contributed by atoms with Crippen molar-refractivity contribution in [2.75, 3.05) is 0 Å². The number of amides is 1. The summed E-state index contributed by atoms with van der Waals surface area (Å²) < 4.78 is 40.3. The van der Waals surface area contributed by atoms with Gasteiger partial charge in [0.05, 0.1) is 28.4 Å². The number of nitro groups is 1. The number of carbonyl (C=O) groups excluding carboxylic acids is 1. The molecule has 1 aromatic heterocycles. The monoisotopic (exact) mass is 418 g/mol. The first-order valence-electron chi connectivity index (χ1n) is 8.85. The van der Waals surface area contributed by atoms with Crippen LogP contribution in [0.4, 0.5) is 18.9 Å². The summed E-state index contributed by atoms with van der Waals surface area (Å²) in [5.41, 5.74) is 0.792. The van der Waals surface area contributed by atoms with Crippen LogP contribution < -0.4 is 5.32 Å². The highest BCUT2D eigenvalue weighted by Crippen LogP contribution is 2.31. The molecule has 1 atom stereocenters. The van der Waals surface area contributed by atoms with Gasteiger partial charge in [-0.1, -0.05) is 6.07 Å². The molecule has 0 saturated carbocycles. The molecule has 0 aliphatic carbocycles. The molecular formula is C20H17F3N4O3. The molecule has 3 aromatic rings. The Kier molecular flexibility index (Phi) is 5.59. The highest BCUT2D eigenvalue weighted by molar-refractivity contribution is 5.94. The number of aromatic nitrogens is 2. The molecule has 1 heterocycles. The van der Waals surface area contributed by atoms with Crippen molar-refractivity contribution in [3.05, 3.63) is 87.2 Å². The van der Waals surface area contributed by atoms with Gasteiger partial charge in [0.2, 0.25) is 0 Å². The van der Waals surface area contributed by atoms with Gasteiger partial charge in [-0.15, -0.1) is 0 Å². The zero-order chi connectivity index (χ0) is 22.1. The van der Waals surface area contributed by atoms with Gasteiger partial charge in [-0.05, 0) is 44.2 Å². The molecule has 0 radical (unpaired) electrons. The third kappa shape index (κ3) is 4.32. The van der Waals surface area contributed by atoms with Crippen molar-refractivity contribution in [2.45, 2.75) is 26.1 Å². The van der Waals surface area contributed by atoms with E-state index in [1.165, 1.54) is 47.3 Å². The van der Waals surface area contributed by atoms with E-state index in [0.717, 1.165) is 12.1 Å². The summed E-state index contributed by atoms with van der Waals surface area (Å²) in [5.74, 6) is -0.441. The number of hydrogen-bond acceptors (Lipinski definition) is 4. The van der Waals surface area contributed by atoms with Gasteiger partial charge in [-0.2, -0.15) is 18.3 Å². The second-order valence-electron chi connectivity index (χ2n) is 6.64. The average Bonchev–Trinajstić information content (AvgIpc) is 3.09. The lowest BCUT2D eigenvalue weighted by Crippen LogP contribution is -2.26. The fraction of sp³-hybridized carbons (Fsp3) is 0.200. The number of benzene rings is 2. The zero-order valence-corrected chi connectivity index (χ0v) is 16.0. The average molecular weight is 418 g/mol. The van der Waals surface area contributed by atoms with Crippen LogP contribution in [0.15, 0.2) is 54.7 Å². The number of rotatable bonds is 5. The highest BCUT2D eigenvalue weighted by atomic mass is 19.4. The molecule has 0 saturated heterocycles. The minimum absolute atomic E-state index is 0.127. The van der Waals surface area contributed by atoms with E-state index < -0.39 is 28.6 Å². The number of hydrogen-bond donors (Lipinski definition) is 1. The Hall–Kier alpha value is -3.69. The first kappa shape index (κ1) is 21.0. The minimum Gasteiger partial charge on any atom is -0.345 e. The van der Waals surface area contributed by atoms with Crippen LogP contribution in [0.25, 0.3) is 5.69 Å². The lowest BCUT2D eigenvalue weighted by atomic mass is 10.1. The van der Waals surface area contributed by atoms with Gasteiger partial charge in [0.15, 0.2) is 0 Å². The first-order valence-corrected chi connectivity index (χ1v) is 8.85. The Bertz CT molecular complexity index is 1090. The van der Waals surface area contributed by atoms with Gasteiger partial charge in [0, 0.05) is 29.0 Å². The van der Waals surface area contributed by atoms with Gasteiger partial charge in [-0.25, -0.2) is 4.68 Å². The highest BCUT2D eigenvalue weighted by Gasteiger charge is 2.30. The van der Waals surface area contributed by atoms with Crippen LogP contribution in [-0.4, -0.2) is 20.6 Å². The molecule has 0 fully saturated rings. The third-order valence-corrected chi connectivity index (χ3v) is 4.62. The Labute approximate surface area is 169 Å². The van der Waals surface area contributed by atoms with Crippen molar-refractivity contribution < 1.29 is 22.9 Å². The Balaban J connectivity index is 1.80. The van der Waals surface area contributed by atoms with Crippen molar-refractivity contribution in [3.8, 4) is 5.69 Å². The van der Waals surface area contributed by atoms with Crippen molar-refractivity contribution in [3.63, 3.8) is 0 Å². The number of carbonyl (C=O) groups is 1. The summed E-state index contributed by atoms with van der Waals surface area (Å²) in [6.45, 7) is 3.40. The lowest BCUT2D eigenvalue weighted by Gasteiger charge is -2.15. The number of nitrogens with one attached hydrogen (secondary N) is 1. The van der Waals surface area contributed by atoms with Crippen LogP contribution >= 0.6 is 0 Å². The number of halogens is 3. The van der Waals surface area contributed by atoms with E-state index in [4.69, 9.17) is 0 Å². The van der Waals surface area contributed by atoms with E-state index in [9.17, 15) is 28.1 Å². The van der Waals surface area contributed by atoms with Crippen LogP contribution in [0, 0.1) is 17.0 Å². The zero-order valence-electron chi connectivity index (χ0n) is 16.0. The lowest BCUT2D eigenvalue weighted by molar-refractivity contribution is -0.384. The molecule has 156 valence electrons. The fourth-order valence-electron chi connectivity index (χ4n) is 3.01. The summed E-state index contributed by atoms with van der Waals surface area (Å²) in [6.07, 6.45) is -2.98. The topological polar surface area (TPSA) is 90.1 Å². The SMILES string of the molecule is Cc1c([C@@H](C)NC(=O)c2ccc([N+](=O)[O-])cc2)cnn1-c1cccc(C(F)(F)F)c1. The molecule has 0 unspecified atom stereocenters. The van der Waals surface area contributed by atoms with Crippen LogP contribution in [0.2, 0.25) is 0 Å². The molecule has 7 nitrogen and oxygen atoms in total. The van der Waals surface area contributed by atoms with Crippen LogP contribution in [0.3, 0.4) is 0 Å². The normalized spacial score (nSPS) is 12.4. The third-order valence-electron chi connectivity index (χ3n) is 4.62. The second kappa shape index (κ2) is 7.97. The summed E-state index contributed by atoms with van der Waals surface area (Å²) in [6, 6.07) is 9.47. The van der Waals surface area contributed by atoms with E-state index in [1.807, 2.05) is 0 Å². The van der Waals surface area contributed by atoms with E-state index in [0.29, 0.717) is 11.3 Å². The molecule has 0 spiro atoms. The maximum Gasteiger partial charge on any atom is 0.416 e. The van der Waals surface area contributed by atoms with Gasteiger partial charge in [0.1, 0.15) is 0 Å². The standard InChI is InChI=1S/C20H17F3N4O3/c1-12(25-19(28)14-6-8-16(9-7-14)27(29)30)18-11-24-26(13(18)2)17-5-3-4-15(10-17)20(21,22)23/h3-12H,1-2H3,(H,25,28)/t12-/m1/s1. The molecule has 0 bridgehead atoms.